The van der Waals surface area contributed by atoms with Crippen LogP contribution in [-0.4, -0.2) is 28.9 Å². The van der Waals surface area contributed by atoms with Gasteiger partial charge in [-0.1, -0.05) is 27.7 Å². The van der Waals surface area contributed by atoms with E-state index in [2.05, 4.69) is 5.32 Å². The van der Waals surface area contributed by atoms with E-state index in [1.807, 2.05) is 48.5 Å². The van der Waals surface area contributed by atoms with Crippen molar-refractivity contribution in [2.75, 3.05) is 0 Å². The second-order valence-corrected chi connectivity index (χ2v) is 7.21. The summed E-state index contributed by atoms with van der Waals surface area (Å²) in [6.07, 6.45) is -1.15. The first-order chi connectivity index (χ1) is 7.39. The molecule has 0 saturated heterocycles. The fraction of sp³-hybridized carbons (Fsp3) is 0.923. The van der Waals surface area contributed by atoms with Crippen LogP contribution < -0.4 is 5.32 Å². The molecule has 0 spiro atoms. The minimum absolute atomic E-state index is 0.271. The summed E-state index contributed by atoms with van der Waals surface area (Å²) in [7, 11) is 0. The van der Waals surface area contributed by atoms with Crippen molar-refractivity contribution in [2.24, 2.45) is 10.8 Å². The zero-order valence-electron chi connectivity index (χ0n) is 11.9. The zero-order chi connectivity index (χ0) is 13.6. The number of amides is 1. The quantitative estimate of drug-likeness (QED) is 0.743. The largest absolute Gasteiger partial charge is 0.445 e. The molecule has 0 heterocycles. The third-order valence-electron chi connectivity index (χ3n) is 3.46. The van der Waals surface area contributed by atoms with Gasteiger partial charge in [-0.3, -0.25) is 0 Å². The lowest BCUT2D eigenvalue weighted by atomic mass is 9.51. The van der Waals surface area contributed by atoms with Crippen LogP contribution in [0.15, 0.2) is 0 Å². The first-order valence-corrected chi connectivity index (χ1v) is 6.06. The number of carbonyl (C=O) groups excluding carboxylic acids is 1. The van der Waals surface area contributed by atoms with Gasteiger partial charge in [-0.05, 0) is 20.8 Å². The SMILES string of the molecule is CC(C)(C)NC(=O)OC1C(C)(C)C(O)C1(C)C. The lowest BCUT2D eigenvalue weighted by Crippen LogP contribution is -2.69. The molecule has 1 saturated carbocycles. The molecule has 0 aromatic heterocycles. The molecule has 4 heteroatoms. The number of aliphatic hydroxyl groups is 1. The second-order valence-electron chi connectivity index (χ2n) is 7.21. The van der Waals surface area contributed by atoms with Crippen molar-refractivity contribution in [3.63, 3.8) is 0 Å². The van der Waals surface area contributed by atoms with Crippen molar-refractivity contribution >= 4 is 6.09 Å². The Morgan fingerprint density at radius 2 is 1.59 bits per heavy atom. The van der Waals surface area contributed by atoms with Gasteiger partial charge in [0.25, 0.3) is 0 Å². The second kappa shape index (κ2) is 3.87. The maximum absolute atomic E-state index is 11.7. The van der Waals surface area contributed by atoms with Crippen molar-refractivity contribution < 1.29 is 14.6 Å². The van der Waals surface area contributed by atoms with E-state index in [9.17, 15) is 9.90 Å². The molecule has 0 aromatic carbocycles. The van der Waals surface area contributed by atoms with Gasteiger partial charge in [0, 0.05) is 16.4 Å². The Morgan fingerprint density at radius 1 is 1.18 bits per heavy atom. The summed E-state index contributed by atoms with van der Waals surface area (Å²) in [5.74, 6) is 0. The molecular weight excluding hydrogens is 218 g/mol. The fourth-order valence-corrected chi connectivity index (χ4v) is 2.85. The van der Waals surface area contributed by atoms with E-state index in [0.29, 0.717) is 0 Å². The molecule has 1 aliphatic carbocycles. The number of hydrogen-bond donors (Lipinski definition) is 2. The number of alkyl carbamates (subject to hydrolysis) is 1. The summed E-state index contributed by atoms with van der Waals surface area (Å²) in [5.41, 5.74) is -1.09. The molecule has 17 heavy (non-hydrogen) atoms. The molecule has 1 amide bonds. The van der Waals surface area contributed by atoms with Crippen LogP contribution in [0.25, 0.3) is 0 Å². The molecule has 0 unspecified atom stereocenters. The smallest absolute Gasteiger partial charge is 0.407 e. The van der Waals surface area contributed by atoms with Gasteiger partial charge >= 0.3 is 6.09 Å². The number of ether oxygens (including phenoxy) is 1. The van der Waals surface area contributed by atoms with Gasteiger partial charge in [-0.25, -0.2) is 4.79 Å². The topological polar surface area (TPSA) is 58.6 Å². The molecular formula is C13H25NO3. The Morgan fingerprint density at radius 3 is 1.94 bits per heavy atom. The van der Waals surface area contributed by atoms with Crippen LogP contribution in [0, 0.1) is 10.8 Å². The minimum Gasteiger partial charge on any atom is -0.445 e. The van der Waals surface area contributed by atoms with E-state index < -0.39 is 23.0 Å². The van der Waals surface area contributed by atoms with Gasteiger partial charge in [0.1, 0.15) is 6.10 Å². The van der Waals surface area contributed by atoms with Gasteiger partial charge < -0.3 is 15.2 Å². The van der Waals surface area contributed by atoms with E-state index in [1.54, 1.807) is 0 Å². The van der Waals surface area contributed by atoms with Crippen molar-refractivity contribution in [1.82, 2.24) is 5.32 Å². The first-order valence-electron chi connectivity index (χ1n) is 6.06. The van der Waals surface area contributed by atoms with Gasteiger partial charge in [0.15, 0.2) is 0 Å². The van der Waals surface area contributed by atoms with Crippen molar-refractivity contribution in [3.8, 4) is 0 Å². The van der Waals surface area contributed by atoms with Gasteiger partial charge in [0.05, 0.1) is 6.10 Å². The molecule has 100 valence electrons. The average Bonchev–Trinajstić information content (AvgIpc) is 2.09. The van der Waals surface area contributed by atoms with Crippen LogP contribution in [-0.2, 0) is 4.74 Å². The molecule has 0 radical (unpaired) electrons. The highest BCUT2D eigenvalue weighted by atomic mass is 16.6. The van der Waals surface area contributed by atoms with Crippen LogP contribution in [0.1, 0.15) is 48.5 Å². The summed E-state index contributed by atoms with van der Waals surface area (Å²) in [5, 5.41) is 12.8. The highest BCUT2D eigenvalue weighted by molar-refractivity contribution is 5.68. The predicted octanol–water partition coefficient (Wildman–Crippen LogP) is 2.31. The third kappa shape index (κ3) is 2.57. The molecule has 0 aliphatic heterocycles. The lowest BCUT2D eigenvalue weighted by Gasteiger charge is -2.60. The monoisotopic (exact) mass is 243 g/mol. The van der Waals surface area contributed by atoms with Crippen LogP contribution >= 0.6 is 0 Å². The maximum Gasteiger partial charge on any atom is 0.407 e. The number of carbonyl (C=O) groups is 1. The summed E-state index contributed by atoms with van der Waals surface area (Å²) in [6, 6.07) is 0. The van der Waals surface area contributed by atoms with Gasteiger partial charge in [-0.15, -0.1) is 0 Å². The summed E-state index contributed by atoms with van der Waals surface area (Å²) < 4.78 is 5.45. The zero-order valence-corrected chi connectivity index (χ0v) is 11.9. The molecule has 4 nitrogen and oxygen atoms in total. The molecule has 2 N–H and O–H groups in total. The fourth-order valence-electron chi connectivity index (χ4n) is 2.85. The van der Waals surface area contributed by atoms with Gasteiger partial charge in [0.2, 0.25) is 0 Å². The van der Waals surface area contributed by atoms with Crippen LogP contribution in [0.4, 0.5) is 4.79 Å². The van der Waals surface area contributed by atoms with Crippen LogP contribution in [0.3, 0.4) is 0 Å². The Hall–Kier alpha value is -0.770. The van der Waals surface area contributed by atoms with Crippen molar-refractivity contribution in [1.29, 1.82) is 0 Å². The molecule has 0 atom stereocenters. The Kier molecular flexibility index (Phi) is 3.25. The molecule has 1 rings (SSSR count). The predicted molar refractivity (Wildman–Crippen MR) is 66.7 cm³/mol. The highest BCUT2D eigenvalue weighted by Crippen LogP contribution is 2.55. The van der Waals surface area contributed by atoms with Crippen LogP contribution in [0.5, 0.6) is 0 Å². The molecule has 1 fully saturated rings. The van der Waals surface area contributed by atoms with Crippen molar-refractivity contribution in [2.45, 2.75) is 66.2 Å². The third-order valence-corrected chi connectivity index (χ3v) is 3.46. The highest BCUT2D eigenvalue weighted by Gasteiger charge is 2.63. The maximum atomic E-state index is 11.7. The van der Waals surface area contributed by atoms with Gasteiger partial charge in [-0.2, -0.15) is 0 Å². The van der Waals surface area contributed by atoms with Crippen LogP contribution in [0.2, 0.25) is 0 Å². The number of aliphatic hydroxyl groups excluding tert-OH is 1. The Bertz CT molecular complexity index is 299. The molecule has 0 bridgehead atoms. The van der Waals surface area contributed by atoms with E-state index in [1.165, 1.54) is 0 Å². The number of hydrogen-bond acceptors (Lipinski definition) is 3. The van der Waals surface area contributed by atoms with E-state index in [0.717, 1.165) is 0 Å². The number of rotatable bonds is 1. The number of nitrogens with one attached hydrogen (secondary N) is 1. The average molecular weight is 243 g/mol. The van der Waals surface area contributed by atoms with Crippen molar-refractivity contribution in [3.05, 3.63) is 0 Å². The molecule has 1 aliphatic rings. The Labute approximate surface area is 104 Å². The standard InChI is InChI=1S/C13H25NO3/c1-11(2,3)14-10(16)17-9-12(4,5)8(15)13(9,6)7/h8-9,15H,1-7H3,(H,14,16). The normalized spacial score (nSPS) is 30.4. The summed E-state index contributed by atoms with van der Waals surface area (Å²) in [6.45, 7) is 13.4. The Balaban J connectivity index is 2.67. The minimum atomic E-state index is -0.456. The van der Waals surface area contributed by atoms with E-state index in [4.69, 9.17) is 4.74 Å². The van der Waals surface area contributed by atoms with E-state index in [-0.39, 0.29) is 11.6 Å². The summed E-state index contributed by atoms with van der Waals surface area (Å²) in [4.78, 5) is 11.7. The molecule has 0 aromatic rings. The van der Waals surface area contributed by atoms with E-state index >= 15 is 0 Å². The lowest BCUT2D eigenvalue weighted by molar-refractivity contribution is -0.246. The first kappa shape index (κ1) is 14.3. The summed E-state index contributed by atoms with van der Waals surface area (Å²) >= 11 is 0.